The van der Waals surface area contributed by atoms with E-state index >= 15 is 0 Å². The lowest BCUT2D eigenvalue weighted by Crippen LogP contribution is -2.33. The minimum Gasteiger partial charge on any atom is -0.379 e. The maximum atomic E-state index is 3.90. The van der Waals surface area contributed by atoms with Gasteiger partial charge in [-0.2, -0.15) is 0 Å². The topological polar surface area (TPSA) is 55.6 Å². The number of rotatable bonds is 4. The SMILES string of the molecule is C=CCn1nnnc1N[Si](C)(C)C. The van der Waals surface area contributed by atoms with E-state index in [4.69, 9.17) is 0 Å². The normalized spacial score (nSPS) is 11.3. The molecule has 0 saturated heterocycles. The zero-order valence-electron chi connectivity index (χ0n) is 8.28. The molecule has 1 heterocycles. The molecular formula is C7H15N5Si. The Labute approximate surface area is 78.9 Å². The Morgan fingerprint density at radius 2 is 2.23 bits per heavy atom. The van der Waals surface area contributed by atoms with E-state index < -0.39 is 8.24 Å². The molecule has 13 heavy (non-hydrogen) atoms. The summed E-state index contributed by atoms with van der Waals surface area (Å²) in [5.41, 5.74) is 0. The van der Waals surface area contributed by atoms with Crippen LogP contribution in [-0.2, 0) is 6.54 Å². The Bertz CT molecular complexity index is 287. The van der Waals surface area contributed by atoms with Gasteiger partial charge in [-0.05, 0) is 10.4 Å². The lowest BCUT2D eigenvalue weighted by atomic mass is 10.6. The molecule has 0 fully saturated rings. The van der Waals surface area contributed by atoms with Gasteiger partial charge in [0, 0.05) is 0 Å². The van der Waals surface area contributed by atoms with Crippen LogP contribution in [0.5, 0.6) is 0 Å². The molecule has 0 unspecified atom stereocenters. The van der Waals surface area contributed by atoms with Gasteiger partial charge in [0.2, 0.25) is 5.95 Å². The lowest BCUT2D eigenvalue weighted by Gasteiger charge is -2.17. The number of anilines is 1. The molecule has 0 aliphatic carbocycles. The summed E-state index contributed by atoms with van der Waals surface area (Å²) in [6, 6.07) is 0. The third-order valence-electron chi connectivity index (χ3n) is 1.32. The van der Waals surface area contributed by atoms with E-state index in [1.54, 1.807) is 10.8 Å². The van der Waals surface area contributed by atoms with E-state index in [1.807, 2.05) is 0 Å². The van der Waals surface area contributed by atoms with Gasteiger partial charge in [0.05, 0.1) is 6.54 Å². The molecule has 1 aromatic heterocycles. The van der Waals surface area contributed by atoms with Crippen molar-refractivity contribution >= 4 is 14.2 Å². The van der Waals surface area contributed by atoms with Crippen molar-refractivity contribution in [1.29, 1.82) is 0 Å². The summed E-state index contributed by atoms with van der Waals surface area (Å²) in [5, 5.41) is 11.3. The van der Waals surface area contributed by atoms with E-state index in [1.165, 1.54) is 0 Å². The van der Waals surface area contributed by atoms with Crippen LogP contribution in [0.2, 0.25) is 19.6 Å². The second kappa shape index (κ2) is 3.69. The molecule has 0 atom stereocenters. The van der Waals surface area contributed by atoms with Gasteiger partial charge in [-0.3, -0.25) is 0 Å². The fourth-order valence-corrected chi connectivity index (χ4v) is 1.72. The van der Waals surface area contributed by atoms with Gasteiger partial charge in [-0.15, -0.1) is 6.58 Å². The van der Waals surface area contributed by atoms with Gasteiger partial charge in [0.15, 0.2) is 0 Å². The van der Waals surface area contributed by atoms with Crippen LogP contribution in [0.25, 0.3) is 0 Å². The van der Waals surface area contributed by atoms with Gasteiger partial charge in [-0.1, -0.05) is 30.8 Å². The number of hydrogen-bond donors (Lipinski definition) is 1. The molecule has 0 aliphatic rings. The van der Waals surface area contributed by atoms with Gasteiger partial charge in [-0.25, -0.2) is 4.68 Å². The minimum absolute atomic E-state index is 0.639. The Balaban J connectivity index is 2.76. The zero-order valence-corrected chi connectivity index (χ0v) is 9.28. The van der Waals surface area contributed by atoms with Crippen LogP contribution in [0.3, 0.4) is 0 Å². The molecular weight excluding hydrogens is 182 g/mol. The van der Waals surface area contributed by atoms with Crippen molar-refractivity contribution in [3.8, 4) is 0 Å². The maximum absolute atomic E-state index is 3.90. The lowest BCUT2D eigenvalue weighted by molar-refractivity contribution is 0.667. The average molecular weight is 197 g/mol. The number of nitrogens with zero attached hydrogens (tertiary/aromatic N) is 4. The first-order valence-corrected chi connectivity index (χ1v) is 7.68. The number of nitrogens with one attached hydrogen (secondary N) is 1. The molecule has 1 N–H and O–H groups in total. The van der Waals surface area contributed by atoms with Crippen molar-refractivity contribution in [2.24, 2.45) is 0 Å². The molecule has 5 nitrogen and oxygen atoms in total. The molecule has 0 aromatic carbocycles. The second-order valence-electron chi connectivity index (χ2n) is 3.85. The molecule has 72 valence electrons. The summed E-state index contributed by atoms with van der Waals surface area (Å²) < 4.78 is 1.70. The highest BCUT2D eigenvalue weighted by atomic mass is 28.3. The van der Waals surface area contributed by atoms with Crippen molar-refractivity contribution in [1.82, 2.24) is 20.2 Å². The molecule has 1 rings (SSSR count). The quantitative estimate of drug-likeness (QED) is 0.580. The molecule has 0 saturated carbocycles. The van der Waals surface area contributed by atoms with E-state index in [0.717, 1.165) is 5.95 Å². The summed E-state index contributed by atoms with van der Waals surface area (Å²) in [6.07, 6.45) is 1.77. The number of tetrazole rings is 1. The smallest absolute Gasteiger partial charge is 0.235 e. The Kier molecular flexibility index (Phi) is 2.82. The van der Waals surface area contributed by atoms with Crippen LogP contribution < -0.4 is 4.98 Å². The Morgan fingerprint density at radius 3 is 2.77 bits per heavy atom. The van der Waals surface area contributed by atoms with E-state index in [9.17, 15) is 0 Å². The van der Waals surface area contributed by atoms with Gasteiger partial charge in [0.1, 0.15) is 8.24 Å². The van der Waals surface area contributed by atoms with Crippen LogP contribution in [0.15, 0.2) is 12.7 Å². The Morgan fingerprint density at radius 1 is 1.54 bits per heavy atom. The fraction of sp³-hybridized carbons (Fsp3) is 0.571. The summed E-state index contributed by atoms with van der Waals surface area (Å²) in [7, 11) is -1.37. The van der Waals surface area contributed by atoms with Crippen molar-refractivity contribution < 1.29 is 0 Å². The molecule has 0 spiro atoms. The van der Waals surface area contributed by atoms with Crippen molar-refractivity contribution in [2.45, 2.75) is 26.2 Å². The van der Waals surface area contributed by atoms with Crippen LogP contribution in [0.1, 0.15) is 0 Å². The summed E-state index contributed by atoms with van der Waals surface area (Å²) >= 11 is 0. The van der Waals surface area contributed by atoms with Crippen LogP contribution in [0.4, 0.5) is 5.95 Å². The first kappa shape index (κ1) is 9.91. The highest BCUT2D eigenvalue weighted by Crippen LogP contribution is 2.07. The predicted molar refractivity (Wildman–Crippen MR) is 55.0 cm³/mol. The third kappa shape index (κ3) is 2.98. The minimum atomic E-state index is -1.37. The standard InChI is InChI=1S/C7H15N5Si/c1-5-6-12-7(8-10-11-12)9-13(2,3)4/h5H,1,6H2,2-4H3,(H,8,9,11). The average Bonchev–Trinajstić information content (AvgIpc) is 2.34. The highest BCUT2D eigenvalue weighted by Gasteiger charge is 2.16. The maximum Gasteiger partial charge on any atom is 0.235 e. The van der Waals surface area contributed by atoms with Crippen LogP contribution in [-0.4, -0.2) is 28.4 Å². The summed E-state index contributed by atoms with van der Waals surface area (Å²) in [6.45, 7) is 10.9. The third-order valence-corrected chi connectivity index (χ3v) is 2.29. The van der Waals surface area contributed by atoms with Gasteiger partial charge >= 0.3 is 0 Å². The van der Waals surface area contributed by atoms with Gasteiger partial charge in [0.25, 0.3) is 0 Å². The van der Waals surface area contributed by atoms with Crippen LogP contribution >= 0.6 is 0 Å². The molecule has 6 heteroatoms. The van der Waals surface area contributed by atoms with E-state index in [2.05, 4.69) is 46.7 Å². The Hall–Kier alpha value is -1.17. The first-order chi connectivity index (χ1) is 6.03. The van der Waals surface area contributed by atoms with Gasteiger partial charge < -0.3 is 4.98 Å². The number of allylic oxidation sites excluding steroid dienone is 1. The van der Waals surface area contributed by atoms with Crippen molar-refractivity contribution in [3.63, 3.8) is 0 Å². The number of hydrogen-bond acceptors (Lipinski definition) is 4. The number of aromatic nitrogens is 4. The second-order valence-corrected chi connectivity index (χ2v) is 8.60. The molecule has 0 amide bonds. The molecule has 0 radical (unpaired) electrons. The highest BCUT2D eigenvalue weighted by molar-refractivity contribution is 6.79. The summed E-state index contributed by atoms with van der Waals surface area (Å²) in [4.78, 5) is 3.33. The zero-order chi connectivity index (χ0) is 9.90. The first-order valence-electron chi connectivity index (χ1n) is 4.18. The largest absolute Gasteiger partial charge is 0.379 e. The van der Waals surface area contributed by atoms with Crippen molar-refractivity contribution in [2.75, 3.05) is 4.98 Å². The predicted octanol–water partition coefficient (Wildman–Crippen LogP) is 1.11. The fourth-order valence-electron chi connectivity index (χ4n) is 0.875. The molecule has 0 bridgehead atoms. The monoisotopic (exact) mass is 197 g/mol. The van der Waals surface area contributed by atoms with Crippen molar-refractivity contribution in [3.05, 3.63) is 12.7 Å². The summed E-state index contributed by atoms with van der Waals surface area (Å²) in [5.74, 6) is 0.735. The molecule has 0 aliphatic heterocycles. The van der Waals surface area contributed by atoms with Crippen LogP contribution in [0, 0.1) is 0 Å². The van der Waals surface area contributed by atoms with E-state index in [0.29, 0.717) is 6.54 Å². The molecule has 1 aromatic rings. The van der Waals surface area contributed by atoms with E-state index in [-0.39, 0.29) is 0 Å².